The second kappa shape index (κ2) is 6.04. The maximum absolute atomic E-state index is 12.7. The second-order valence-electron chi connectivity index (χ2n) is 6.06. The lowest BCUT2D eigenvalue weighted by atomic mass is 9.97. The summed E-state index contributed by atoms with van der Waals surface area (Å²) in [5, 5.41) is 0. The molecule has 118 valence electrons. The summed E-state index contributed by atoms with van der Waals surface area (Å²) < 4.78 is 33.7. The van der Waals surface area contributed by atoms with E-state index in [1.54, 1.807) is 6.07 Å². The van der Waals surface area contributed by atoms with Gasteiger partial charge in [-0.05, 0) is 56.4 Å². The van der Waals surface area contributed by atoms with Gasteiger partial charge in [0.05, 0.1) is 17.0 Å². The van der Waals surface area contributed by atoms with Gasteiger partial charge in [0.2, 0.25) is 10.0 Å². The molecule has 21 heavy (non-hydrogen) atoms. The Hall–Kier alpha value is -0.950. The van der Waals surface area contributed by atoms with E-state index >= 15 is 0 Å². The molecule has 1 unspecified atom stereocenters. The van der Waals surface area contributed by atoms with Gasteiger partial charge in [-0.1, -0.05) is 6.07 Å². The molecule has 1 aliphatic rings. The number of nitrogens with two attached hydrogens (primary N) is 1. The van der Waals surface area contributed by atoms with Crippen molar-refractivity contribution >= 4 is 10.0 Å². The minimum absolute atomic E-state index is 0.315. The number of hydrogen-bond acceptors (Lipinski definition) is 4. The molecule has 2 rings (SSSR count). The Morgan fingerprint density at radius 1 is 1.38 bits per heavy atom. The molecular formula is C15H24N2O3S. The summed E-state index contributed by atoms with van der Waals surface area (Å²) >= 11 is 0. The van der Waals surface area contributed by atoms with Crippen molar-refractivity contribution in [2.24, 2.45) is 5.73 Å². The van der Waals surface area contributed by atoms with Crippen LogP contribution in [-0.4, -0.2) is 27.2 Å². The average Bonchev–Trinajstić information content (AvgIpc) is 2.41. The van der Waals surface area contributed by atoms with Gasteiger partial charge >= 0.3 is 0 Å². The number of rotatable bonds is 4. The number of hydrogen-bond donors (Lipinski definition) is 2. The molecule has 1 aliphatic heterocycles. The van der Waals surface area contributed by atoms with Gasteiger partial charge in [-0.3, -0.25) is 0 Å². The summed E-state index contributed by atoms with van der Waals surface area (Å²) in [4.78, 5) is 0.315. The van der Waals surface area contributed by atoms with E-state index in [1.165, 1.54) is 0 Å². The highest BCUT2D eigenvalue weighted by atomic mass is 32.2. The van der Waals surface area contributed by atoms with E-state index in [-0.39, 0.29) is 0 Å². The largest absolute Gasteiger partial charge is 0.380 e. The minimum atomic E-state index is -3.59. The summed E-state index contributed by atoms with van der Waals surface area (Å²) in [6.45, 7) is 7.03. The quantitative estimate of drug-likeness (QED) is 0.885. The van der Waals surface area contributed by atoms with Gasteiger partial charge in [0.1, 0.15) is 0 Å². The molecule has 6 heteroatoms. The molecule has 0 aliphatic carbocycles. The van der Waals surface area contributed by atoms with Gasteiger partial charge < -0.3 is 10.5 Å². The van der Waals surface area contributed by atoms with Crippen molar-refractivity contribution < 1.29 is 13.2 Å². The van der Waals surface area contributed by atoms with Gasteiger partial charge in [-0.2, -0.15) is 0 Å². The second-order valence-corrected chi connectivity index (χ2v) is 7.71. The fourth-order valence-corrected chi connectivity index (χ4v) is 4.48. The van der Waals surface area contributed by atoms with Crippen LogP contribution in [0.3, 0.4) is 0 Å². The summed E-state index contributed by atoms with van der Waals surface area (Å²) in [5.41, 5.74) is 7.63. The highest BCUT2D eigenvalue weighted by Crippen LogP contribution is 2.25. The van der Waals surface area contributed by atoms with E-state index in [1.807, 2.05) is 26.8 Å². The van der Waals surface area contributed by atoms with E-state index in [2.05, 4.69) is 4.72 Å². The molecule has 1 atom stereocenters. The Morgan fingerprint density at radius 2 is 2.10 bits per heavy atom. The highest BCUT2D eigenvalue weighted by molar-refractivity contribution is 7.89. The van der Waals surface area contributed by atoms with Gasteiger partial charge in [0.25, 0.3) is 0 Å². The van der Waals surface area contributed by atoms with E-state index in [4.69, 9.17) is 10.5 Å². The molecule has 0 bridgehead atoms. The Bertz CT molecular complexity index is 620. The Labute approximate surface area is 126 Å². The molecule has 0 spiro atoms. The van der Waals surface area contributed by atoms with E-state index in [0.29, 0.717) is 24.7 Å². The van der Waals surface area contributed by atoms with Gasteiger partial charge in [0, 0.05) is 13.2 Å². The summed E-state index contributed by atoms with van der Waals surface area (Å²) in [6, 6.07) is 3.59. The molecule has 0 amide bonds. The summed E-state index contributed by atoms with van der Waals surface area (Å²) in [6.07, 6.45) is 1.64. The first kappa shape index (κ1) is 16.4. The number of aryl methyl sites for hydroxylation is 1. The standard InChI is InChI=1S/C15H24N2O3S/c1-11-7-13(9-16)8-14(12(11)2)21(18,19)17-15(3)5-4-6-20-10-15/h7-8,17H,4-6,9-10,16H2,1-3H3. The molecule has 1 aromatic carbocycles. The minimum Gasteiger partial charge on any atom is -0.380 e. The zero-order valence-corrected chi connectivity index (χ0v) is 13.7. The predicted molar refractivity (Wildman–Crippen MR) is 82.6 cm³/mol. The fourth-order valence-electron chi connectivity index (χ4n) is 2.69. The lowest BCUT2D eigenvalue weighted by molar-refractivity contribution is 0.0386. The van der Waals surface area contributed by atoms with Crippen LogP contribution in [0.5, 0.6) is 0 Å². The van der Waals surface area contributed by atoms with Crippen LogP contribution in [-0.2, 0) is 21.3 Å². The first-order valence-electron chi connectivity index (χ1n) is 7.19. The third-order valence-corrected chi connectivity index (χ3v) is 5.79. The molecule has 5 nitrogen and oxygen atoms in total. The smallest absolute Gasteiger partial charge is 0.241 e. The molecule has 3 N–H and O–H groups in total. The SMILES string of the molecule is Cc1cc(CN)cc(S(=O)(=O)NC2(C)CCCOC2)c1C. The van der Waals surface area contributed by atoms with Crippen LogP contribution in [0.1, 0.15) is 36.5 Å². The third-order valence-electron chi connectivity index (χ3n) is 4.02. The zero-order valence-electron chi connectivity index (χ0n) is 12.9. The molecule has 1 heterocycles. The molecule has 0 radical (unpaired) electrons. The number of nitrogens with one attached hydrogen (secondary N) is 1. The average molecular weight is 312 g/mol. The molecule has 1 aromatic rings. The monoisotopic (exact) mass is 312 g/mol. The number of ether oxygens (including phenoxy) is 1. The Balaban J connectivity index is 2.37. The fraction of sp³-hybridized carbons (Fsp3) is 0.600. The van der Waals surface area contributed by atoms with Gasteiger partial charge in [0.15, 0.2) is 0 Å². The maximum Gasteiger partial charge on any atom is 0.241 e. The van der Waals surface area contributed by atoms with Crippen molar-refractivity contribution in [3.8, 4) is 0 Å². The van der Waals surface area contributed by atoms with Crippen LogP contribution < -0.4 is 10.5 Å². The third kappa shape index (κ3) is 3.63. The van der Waals surface area contributed by atoms with Crippen LogP contribution in [0.2, 0.25) is 0 Å². The Kier molecular flexibility index (Phi) is 4.72. The van der Waals surface area contributed by atoms with Crippen LogP contribution >= 0.6 is 0 Å². The van der Waals surface area contributed by atoms with Crippen molar-refractivity contribution in [2.75, 3.05) is 13.2 Å². The van der Waals surface area contributed by atoms with Crippen molar-refractivity contribution in [3.63, 3.8) is 0 Å². The van der Waals surface area contributed by atoms with Crippen LogP contribution in [0.25, 0.3) is 0 Å². The predicted octanol–water partition coefficient (Wildman–Crippen LogP) is 1.61. The molecule has 0 aromatic heterocycles. The normalized spacial score (nSPS) is 23.2. The van der Waals surface area contributed by atoms with Crippen molar-refractivity contribution in [3.05, 3.63) is 28.8 Å². The van der Waals surface area contributed by atoms with Crippen molar-refractivity contribution in [1.82, 2.24) is 4.72 Å². The van der Waals surface area contributed by atoms with Gasteiger partial charge in [-0.25, -0.2) is 13.1 Å². The zero-order chi connectivity index (χ0) is 15.7. The Morgan fingerprint density at radius 3 is 2.67 bits per heavy atom. The maximum atomic E-state index is 12.7. The first-order chi connectivity index (χ1) is 9.77. The van der Waals surface area contributed by atoms with Crippen molar-refractivity contribution in [1.29, 1.82) is 0 Å². The van der Waals surface area contributed by atoms with E-state index < -0.39 is 15.6 Å². The number of benzene rings is 1. The molecule has 1 saturated heterocycles. The van der Waals surface area contributed by atoms with Crippen LogP contribution in [0.15, 0.2) is 17.0 Å². The topological polar surface area (TPSA) is 81.4 Å². The summed E-state index contributed by atoms with van der Waals surface area (Å²) in [5.74, 6) is 0. The molecular weight excluding hydrogens is 288 g/mol. The van der Waals surface area contributed by atoms with E-state index in [0.717, 1.165) is 29.5 Å². The molecule has 0 saturated carbocycles. The van der Waals surface area contributed by atoms with Crippen LogP contribution in [0.4, 0.5) is 0 Å². The lowest BCUT2D eigenvalue weighted by Gasteiger charge is -2.34. The lowest BCUT2D eigenvalue weighted by Crippen LogP contribution is -2.51. The van der Waals surface area contributed by atoms with Gasteiger partial charge in [-0.15, -0.1) is 0 Å². The summed E-state index contributed by atoms with van der Waals surface area (Å²) in [7, 11) is -3.59. The van der Waals surface area contributed by atoms with Crippen molar-refractivity contribution in [2.45, 2.75) is 50.6 Å². The van der Waals surface area contributed by atoms with E-state index in [9.17, 15) is 8.42 Å². The number of sulfonamides is 1. The van der Waals surface area contributed by atoms with Crippen LogP contribution in [0, 0.1) is 13.8 Å². The highest BCUT2D eigenvalue weighted by Gasteiger charge is 2.33. The first-order valence-corrected chi connectivity index (χ1v) is 8.68. The molecule has 1 fully saturated rings.